The van der Waals surface area contributed by atoms with Gasteiger partial charge < -0.3 is 9.64 Å². The van der Waals surface area contributed by atoms with Gasteiger partial charge in [-0.25, -0.2) is 0 Å². The normalized spacial score (nSPS) is 10.8. The van der Waals surface area contributed by atoms with Crippen molar-refractivity contribution in [3.05, 3.63) is 93.8 Å². The summed E-state index contributed by atoms with van der Waals surface area (Å²) in [6.45, 7) is 2.94. The van der Waals surface area contributed by atoms with Crippen molar-refractivity contribution < 1.29 is 9.53 Å². The molecule has 5 heteroatoms. The van der Waals surface area contributed by atoms with Crippen molar-refractivity contribution in [1.82, 2.24) is 9.88 Å². The molecule has 0 atom stereocenters. The van der Waals surface area contributed by atoms with Crippen LogP contribution in [0.2, 0.25) is 0 Å². The Kier molecular flexibility index (Phi) is 5.58. The van der Waals surface area contributed by atoms with E-state index < -0.39 is 0 Å². The first-order chi connectivity index (χ1) is 14.2. The number of amides is 1. The molecular formula is C24H22N2O2S. The van der Waals surface area contributed by atoms with Crippen LogP contribution < -0.4 is 4.74 Å². The van der Waals surface area contributed by atoms with Crippen molar-refractivity contribution in [2.75, 3.05) is 7.11 Å². The largest absolute Gasteiger partial charge is 0.496 e. The molecular weight excluding hydrogens is 380 g/mol. The number of nitrogens with zero attached hydrogens (tertiary/aromatic N) is 2. The van der Waals surface area contributed by atoms with Crippen molar-refractivity contribution in [1.29, 1.82) is 0 Å². The van der Waals surface area contributed by atoms with Crippen LogP contribution in [0.4, 0.5) is 0 Å². The number of methoxy groups -OCH3 is 1. The van der Waals surface area contributed by atoms with Crippen molar-refractivity contribution in [3.63, 3.8) is 0 Å². The minimum absolute atomic E-state index is 0.00833. The Morgan fingerprint density at radius 1 is 1.03 bits per heavy atom. The van der Waals surface area contributed by atoms with Crippen LogP contribution in [0.1, 0.15) is 26.5 Å². The molecule has 0 aliphatic heterocycles. The van der Waals surface area contributed by atoms with Gasteiger partial charge in [-0.1, -0.05) is 42.5 Å². The van der Waals surface area contributed by atoms with E-state index in [0.717, 1.165) is 32.8 Å². The van der Waals surface area contributed by atoms with E-state index >= 15 is 0 Å². The number of rotatable bonds is 6. The molecule has 2 aromatic carbocycles. The second-order valence-electron chi connectivity index (χ2n) is 6.88. The summed E-state index contributed by atoms with van der Waals surface area (Å²) in [5.74, 6) is 0.776. The second kappa shape index (κ2) is 8.45. The van der Waals surface area contributed by atoms with E-state index in [1.807, 2.05) is 77.9 Å². The number of pyridine rings is 1. The first-order valence-electron chi connectivity index (χ1n) is 9.45. The average Bonchev–Trinajstić information content (AvgIpc) is 3.25. The number of hydrogen-bond acceptors (Lipinski definition) is 4. The number of para-hydroxylation sites is 2. The number of carbonyl (C=O) groups is 1. The van der Waals surface area contributed by atoms with Gasteiger partial charge in [-0.2, -0.15) is 0 Å². The Labute approximate surface area is 174 Å². The van der Waals surface area contributed by atoms with Gasteiger partial charge in [0.1, 0.15) is 5.75 Å². The van der Waals surface area contributed by atoms with E-state index in [1.54, 1.807) is 18.4 Å². The first-order valence-corrected chi connectivity index (χ1v) is 10.3. The number of ether oxygens (including phenoxy) is 1. The standard InChI is InChI=1S/C24H22N2O2S/c1-17-14-21(20-10-4-5-11-22(20)25-17)24(27)26(16-19-9-7-13-29-19)15-18-8-3-6-12-23(18)28-2/h3-14H,15-16H2,1-2H3. The lowest BCUT2D eigenvalue weighted by Gasteiger charge is -2.24. The number of aryl methyl sites for hydroxylation is 1. The summed E-state index contributed by atoms with van der Waals surface area (Å²) >= 11 is 1.65. The third-order valence-corrected chi connectivity index (χ3v) is 5.70. The molecule has 0 fully saturated rings. The van der Waals surface area contributed by atoms with E-state index in [1.165, 1.54) is 0 Å². The molecule has 1 amide bonds. The fraction of sp³-hybridized carbons (Fsp3) is 0.167. The zero-order valence-electron chi connectivity index (χ0n) is 16.5. The summed E-state index contributed by atoms with van der Waals surface area (Å²) in [5, 5.41) is 2.91. The Morgan fingerprint density at radius 3 is 2.62 bits per heavy atom. The lowest BCUT2D eigenvalue weighted by Crippen LogP contribution is -2.30. The van der Waals surface area contributed by atoms with Crippen LogP contribution in [0.25, 0.3) is 10.9 Å². The van der Waals surface area contributed by atoms with E-state index in [4.69, 9.17) is 4.74 Å². The number of aromatic nitrogens is 1. The second-order valence-corrected chi connectivity index (χ2v) is 7.91. The van der Waals surface area contributed by atoms with Crippen LogP contribution in [0.5, 0.6) is 5.75 Å². The predicted molar refractivity (Wildman–Crippen MR) is 117 cm³/mol. The van der Waals surface area contributed by atoms with Gasteiger partial charge in [-0.3, -0.25) is 9.78 Å². The minimum Gasteiger partial charge on any atom is -0.496 e. The van der Waals surface area contributed by atoms with Crippen LogP contribution in [-0.2, 0) is 13.1 Å². The summed E-state index contributed by atoms with van der Waals surface area (Å²) in [6, 6.07) is 21.6. The maximum absolute atomic E-state index is 13.7. The summed E-state index contributed by atoms with van der Waals surface area (Å²) in [4.78, 5) is 21.3. The van der Waals surface area contributed by atoms with E-state index in [0.29, 0.717) is 18.7 Å². The van der Waals surface area contributed by atoms with Gasteiger partial charge in [0.15, 0.2) is 0 Å². The molecule has 0 saturated carbocycles. The summed E-state index contributed by atoms with van der Waals surface area (Å²) in [6.07, 6.45) is 0. The van der Waals surface area contributed by atoms with Gasteiger partial charge in [0, 0.05) is 21.5 Å². The van der Waals surface area contributed by atoms with Gasteiger partial charge in [0.05, 0.1) is 31.3 Å². The minimum atomic E-state index is -0.00833. The molecule has 4 rings (SSSR count). The fourth-order valence-electron chi connectivity index (χ4n) is 3.48. The Bertz CT molecular complexity index is 1140. The molecule has 0 aliphatic carbocycles. The highest BCUT2D eigenvalue weighted by Gasteiger charge is 2.21. The van der Waals surface area contributed by atoms with Crippen molar-refractivity contribution in [3.8, 4) is 5.75 Å². The van der Waals surface area contributed by atoms with Gasteiger partial charge in [0.25, 0.3) is 5.91 Å². The van der Waals surface area contributed by atoms with Crippen molar-refractivity contribution in [2.45, 2.75) is 20.0 Å². The molecule has 0 spiro atoms. The van der Waals surface area contributed by atoms with Gasteiger partial charge >= 0.3 is 0 Å². The highest BCUT2D eigenvalue weighted by molar-refractivity contribution is 7.09. The zero-order chi connectivity index (χ0) is 20.2. The SMILES string of the molecule is COc1ccccc1CN(Cc1cccs1)C(=O)c1cc(C)nc2ccccc12. The Balaban J connectivity index is 1.76. The molecule has 0 aliphatic rings. The molecule has 2 heterocycles. The average molecular weight is 403 g/mol. The van der Waals surface area contributed by atoms with Crippen molar-refractivity contribution >= 4 is 28.1 Å². The molecule has 146 valence electrons. The molecule has 0 N–H and O–H groups in total. The highest BCUT2D eigenvalue weighted by Crippen LogP contribution is 2.25. The Hall–Kier alpha value is -3.18. The number of thiophene rings is 1. The summed E-state index contributed by atoms with van der Waals surface area (Å²) in [7, 11) is 1.66. The van der Waals surface area contributed by atoms with Gasteiger partial charge in [-0.15, -0.1) is 11.3 Å². The molecule has 2 aromatic heterocycles. The molecule has 0 unspecified atom stereocenters. The molecule has 4 nitrogen and oxygen atoms in total. The molecule has 0 radical (unpaired) electrons. The van der Waals surface area contributed by atoms with Crippen LogP contribution in [-0.4, -0.2) is 22.9 Å². The Morgan fingerprint density at radius 2 is 1.83 bits per heavy atom. The number of hydrogen-bond donors (Lipinski definition) is 0. The quantitative estimate of drug-likeness (QED) is 0.430. The van der Waals surface area contributed by atoms with Crippen molar-refractivity contribution in [2.24, 2.45) is 0 Å². The third kappa shape index (κ3) is 4.15. The zero-order valence-corrected chi connectivity index (χ0v) is 17.3. The van der Waals surface area contributed by atoms with E-state index in [2.05, 4.69) is 11.1 Å². The van der Waals surface area contributed by atoms with Crippen LogP contribution >= 0.6 is 11.3 Å². The lowest BCUT2D eigenvalue weighted by atomic mass is 10.1. The summed E-state index contributed by atoms with van der Waals surface area (Å²) < 4.78 is 5.51. The topological polar surface area (TPSA) is 42.4 Å². The third-order valence-electron chi connectivity index (χ3n) is 4.84. The van der Waals surface area contributed by atoms with Gasteiger partial charge in [-0.05, 0) is 36.6 Å². The lowest BCUT2D eigenvalue weighted by molar-refractivity contribution is 0.0732. The monoisotopic (exact) mass is 402 g/mol. The maximum Gasteiger partial charge on any atom is 0.255 e. The number of benzene rings is 2. The van der Waals surface area contributed by atoms with Gasteiger partial charge in [0.2, 0.25) is 0 Å². The number of fused-ring (bicyclic) bond motifs is 1. The van der Waals surface area contributed by atoms with E-state index in [-0.39, 0.29) is 5.91 Å². The number of carbonyl (C=O) groups excluding carboxylic acids is 1. The van der Waals surface area contributed by atoms with E-state index in [9.17, 15) is 4.79 Å². The first kappa shape index (κ1) is 19.2. The predicted octanol–water partition coefficient (Wildman–Crippen LogP) is 5.46. The highest BCUT2D eigenvalue weighted by atomic mass is 32.1. The molecule has 29 heavy (non-hydrogen) atoms. The molecule has 4 aromatic rings. The molecule has 0 saturated heterocycles. The van der Waals surface area contributed by atoms with Crippen LogP contribution in [0.15, 0.2) is 72.1 Å². The summed E-state index contributed by atoms with van der Waals surface area (Å²) in [5.41, 5.74) is 3.33. The van der Waals surface area contributed by atoms with Crippen LogP contribution in [0, 0.1) is 6.92 Å². The molecule has 0 bridgehead atoms. The maximum atomic E-state index is 13.7. The smallest absolute Gasteiger partial charge is 0.255 e. The van der Waals surface area contributed by atoms with Crippen LogP contribution in [0.3, 0.4) is 0 Å². The fourth-order valence-corrected chi connectivity index (χ4v) is 4.20.